The molecule has 0 fully saturated rings. The largest absolute Gasteiger partial charge is 0.364 e. The number of amides is 1. The molecule has 80 valence electrons. The van der Waals surface area contributed by atoms with Gasteiger partial charge in [-0.1, -0.05) is 18.7 Å². The van der Waals surface area contributed by atoms with Crippen LogP contribution in [0, 0.1) is 0 Å². The van der Waals surface area contributed by atoms with Gasteiger partial charge in [-0.2, -0.15) is 0 Å². The summed E-state index contributed by atoms with van der Waals surface area (Å²) in [7, 11) is 0. The maximum Gasteiger partial charge on any atom is 0.221 e. The van der Waals surface area contributed by atoms with Crippen molar-refractivity contribution in [3.05, 3.63) is 0 Å². The van der Waals surface area contributed by atoms with Crippen LogP contribution in [0.15, 0.2) is 4.99 Å². The third kappa shape index (κ3) is 4.50. The summed E-state index contributed by atoms with van der Waals surface area (Å²) in [6.45, 7) is 4.40. The maximum atomic E-state index is 11.2. The molecule has 1 rings (SSSR count). The average molecular weight is 215 g/mol. The van der Waals surface area contributed by atoms with E-state index >= 15 is 0 Å². The zero-order valence-corrected chi connectivity index (χ0v) is 9.32. The first-order valence-corrected chi connectivity index (χ1v) is 5.99. The van der Waals surface area contributed by atoms with Gasteiger partial charge in [0.25, 0.3) is 0 Å². The third-order valence-corrected chi connectivity index (χ3v) is 2.72. The van der Waals surface area contributed by atoms with Gasteiger partial charge in [0.2, 0.25) is 5.91 Å². The number of amidine groups is 1. The highest BCUT2D eigenvalue weighted by Crippen LogP contribution is 2.08. The standard InChI is InChI=1S/C9H17N3OS/c1-2-4-10-8(13)3-5-11-9-12-6-7-14-9/h2-7H2,1H3,(H,10,13)(H,11,12). The summed E-state index contributed by atoms with van der Waals surface area (Å²) < 4.78 is 0. The molecule has 0 aromatic heterocycles. The van der Waals surface area contributed by atoms with Gasteiger partial charge in [0.1, 0.15) is 0 Å². The van der Waals surface area contributed by atoms with Crippen molar-refractivity contribution in [2.24, 2.45) is 4.99 Å². The molecule has 0 aliphatic carbocycles. The van der Waals surface area contributed by atoms with Crippen LogP contribution < -0.4 is 10.6 Å². The van der Waals surface area contributed by atoms with Gasteiger partial charge in [0.05, 0.1) is 6.54 Å². The number of thioether (sulfide) groups is 1. The van der Waals surface area contributed by atoms with Gasteiger partial charge in [0, 0.05) is 25.3 Å². The Bertz CT molecular complexity index is 218. The molecule has 0 saturated carbocycles. The molecule has 0 atom stereocenters. The number of aliphatic imine (C=N–C) groups is 1. The summed E-state index contributed by atoms with van der Waals surface area (Å²) in [4.78, 5) is 15.4. The lowest BCUT2D eigenvalue weighted by atomic mass is 10.4. The SMILES string of the molecule is CCCNC(=O)CCNC1=NCCS1. The lowest BCUT2D eigenvalue weighted by Gasteiger charge is -2.05. The van der Waals surface area contributed by atoms with Gasteiger partial charge >= 0.3 is 0 Å². The molecule has 0 aromatic carbocycles. The summed E-state index contributed by atoms with van der Waals surface area (Å²) in [6.07, 6.45) is 1.52. The number of hydrogen-bond acceptors (Lipinski definition) is 4. The first kappa shape index (κ1) is 11.4. The Morgan fingerprint density at radius 2 is 2.43 bits per heavy atom. The van der Waals surface area contributed by atoms with E-state index in [0.717, 1.165) is 30.4 Å². The van der Waals surface area contributed by atoms with Gasteiger partial charge in [0.15, 0.2) is 5.17 Å². The third-order valence-electron chi connectivity index (χ3n) is 1.79. The fourth-order valence-corrected chi connectivity index (χ4v) is 1.84. The number of rotatable bonds is 5. The van der Waals surface area contributed by atoms with E-state index in [-0.39, 0.29) is 5.91 Å². The van der Waals surface area contributed by atoms with Crippen LogP contribution in [0.2, 0.25) is 0 Å². The van der Waals surface area contributed by atoms with E-state index in [0.29, 0.717) is 13.0 Å². The molecule has 0 radical (unpaired) electrons. The minimum absolute atomic E-state index is 0.114. The summed E-state index contributed by atoms with van der Waals surface area (Å²) in [6, 6.07) is 0. The van der Waals surface area contributed by atoms with Gasteiger partial charge < -0.3 is 10.6 Å². The van der Waals surface area contributed by atoms with Crippen LogP contribution in [0.3, 0.4) is 0 Å². The van der Waals surface area contributed by atoms with Crippen LogP contribution in [0.5, 0.6) is 0 Å². The quantitative estimate of drug-likeness (QED) is 0.706. The molecule has 4 nitrogen and oxygen atoms in total. The molecule has 1 amide bonds. The second kappa shape index (κ2) is 6.70. The Labute approximate surface area is 88.9 Å². The van der Waals surface area contributed by atoms with Crippen molar-refractivity contribution in [2.75, 3.05) is 25.4 Å². The molecule has 1 aliphatic rings. The molecule has 0 aromatic rings. The molecule has 1 heterocycles. The zero-order valence-electron chi connectivity index (χ0n) is 8.51. The molecule has 1 aliphatic heterocycles. The first-order chi connectivity index (χ1) is 6.83. The lowest BCUT2D eigenvalue weighted by molar-refractivity contribution is -0.120. The number of hydrogen-bond donors (Lipinski definition) is 2. The Morgan fingerprint density at radius 3 is 3.07 bits per heavy atom. The zero-order chi connectivity index (χ0) is 10.2. The van der Waals surface area contributed by atoms with E-state index in [1.54, 1.807) is 11.8 Å². The van der Waals surface area contributed by atoms with Gasteiger partial charge in [-0.25, -0.2) is 0 Å². The fourth-order valence-electron chi connectivity index (χ4n) is 1.08. The minimum atomic E-state index is 0.114. The number of carbonyl (C=O) groups excluding carboxylic acids is 1. The topological polar surface area (TPSA) is 53.5 Å². The molecular formula is C9H17N3OS. The second-order valence-electron chi connectivity index (χ2n) is 3.06. The van der Waals surface area contributed by atoms with Crippen LogP contribution in [0.25, 0.3) is 0 Å². The van der Waals surface area contributed by atoms with E-state index in [4.69, 9.17) is 0 Å². The van der Waals surface area contributed by atoms with Crippen molar-refractivity contribution < 1.29 is 4.79 Å². The Morgan fingerprint density at radius 1 is 1.57 bits per heavy atom. The van der Waals surface area contributed by atoms with E-state index in [9.17, 15) is 4.79 Å². The van der Waals surface area contributed by atoms with E-state index < -0.39 is 0 Å². The van der Waals surface area contributed by atoms with Crippen LogP contribution in [-0.2, 0) is 4.79 Å². The van der Waals surface area contributed by atoms with Crippen molar-refractivity contribution in [2.45, 2.75) is 19.8 Å². The van der Waals surface area contributed by atoms with Crippen LogP contribution in [0.4, 0.5) is 0 Å². The summed E-state index contributed by atoms with van der Waals surface area (Å²) in [5.74, 6) is 1.17. The Hall–Kier alpha value is -0.710. The monoisotopic (exact) mass is 215 g/mol. The smallest absolute Gasteiger partial charge is 0.221 e. The van der Waals surface area contributed by atoms with Gasteiger partial charge in [-0.3, -0.25) is 9.79 Å². The summed E-state index contributed by atoms with van der Waals surface area (Å²) in [5.41, 5.74) is 0. The molecule has 14 heavy (non-hydrogen) atoms. The molecule has 0 saturated heterocycles. The predicted molar refractivity (Wildman–Crippen MR) is 60.7 cm³/mol. The molecule has 0 unspecified atom stereocenters. The normalized spacial score (nSPS) is 15.1. The van der Waals surface area contributed by atoms with Crippen molar-refractivity contribution >= 4 is 22.8 Å². The van der Waals surface area contributed by atoms with Crippen molar-refractivity contribution in [1.29, 1.82) is 0 Å². The van der Waals surface area contributed by atoms with Gasteiger partial charge in [-0.15, -0.1) is 0 Å². The highest BCUT2D eigenvalue weighted by atomic mass is 32.2. The van der Waals surface area contributed by atoms with Crippen molar-refractivity contribution in [3.8, 4) is 0 Å². The number of nitrogens with zero attached hydrogens (tertiary/aromatic N) is 1. The molecule has 0 bridgehead atoms. The fraction of sp³-hybridized carbons (Fsp3) is 0.778. The molecular weight excluding hydrogens is 198 g/mol. The molecule has 2 N–H and O–H groups in total. The second-order valence-corrected chi connectivity index (χ2v) is 4.15. The summed E-state index contributed by atoms with van der Waals surface area (Å²) >= 11 is 1.72. The maximum absolute atomic E-state index is 11.2. The van der Waals surface area contributed by atoms with Crippen molar-refractivity contribution in [3.63, 3.8) is 0 Å². The molecule has 0 spiro atoms. The van der Waals surface area contributed by atoms with Crippen LogP contribution in [-0.4, -0.2) is 36.5 Å². The Balaban J connectivity index is 2.00. The predicted octanol–water partition coefficient (Wildman–Crippen LogP) is 0.595. The number of carbonyl (C=O) groups is 1. The van der Waals surface area contributed by atoms with Crippen LogP contribution in [0.1, 0.15) is 19.8 Å². The Kier molecular flexibility index (Phi) is 5.44. The van der Waals surface area contributed by atoms with Crippen LogP contribution >= 0.6 is 11.8 Å². The summed E-state index contributed by atoms with van der Waals surface area (Å²) in [5, 5.41) is 6.95. The number of nitrogens with one attached hydrogen (secondary N) is 2. The minimum Gasteiger partial charge on any atom is -0.364 e. The highest BCUT2D eigenvalue weighted by molar-refractivity contribution is 8.14. The molecule has 5 heteroatoms. The lowest BCUT2D eigenvalue weighted by Crippen LogP contribution is -2.29. The van der Waals surface area contributed by atoms with E-state index in [2.05, 4.69) is 15.6 Å². The van der Waals surface area contributed by atoms with E-state index in [1.165, 1.54) is 0 Å². The average Bonchev–Trinajstić information content (AvgIpc) is 2.67. The van der Waals surface area contributed by atoms with Crippen molar-refractivity contribution in [1.82, 2.24) is 10.6 Å². The van der Waals surface area contributed by atoms with E-state index in [1.807, 2.05) is 6.92 Å². The highest BCUT2D eigenvalue weighted by Gasteiger charge is 2.06. The van der Waals surface area contributed by atoms with Gasteiger partial charge in [-0.05, 0) is 6.42 Å². The first-order valence-electron chi connectivity index (χ1n) is 5.00.